The fraction of sp³-hybridized carbons (Fsp3) is 0.231. The number of aromatic amines is 1. The van der Waals surface area contributed by atoms with Gasteiger partial charge in [-0.05, 0) is 18.9 Å². The molecule has 0 aliphatic heterocycles. The monoisotopic (exact) mass is 342 g/mol. The molecule has 1 aliphatic carbocycles. The number of carbonyl (C=O) groups is 1. The Bertz CT molecular complexity index is 892. The van der Waals surface area contributed by atoms with E-state index < -0.39 is 38.8 Å². The van der Waals surface area contributed by atoms with Crippen molar-refractivity contribution < 1.29 is 23.6 Å². The molecule has 0 spiro atoms. The molecule has 8 nitrogen and oxygen atoms in total. The molecule has 0 bridgehead atoms. The van der Waals surface area contributed by atoms with Gasteiger partial charge < -0.3 is 14.5 Å². The predicted molar refractivity (Wildman–Crippen MR) is 76.3 cm³/mol. The van der Waals surface area contributed by atoms with Crippen molar-refractivity contribution in [1.82, 2.24) is 4.98 Å². The van der Waals surface area contributed by atoms with Crippen LogP contribution < -0.4 is 10.2 Å². The molecule has 23 heavy (non-hydrogen) atoms. The average Bonchev–Trinajstić information content (AvgIpc) is 3.27. The fourth-order valence-corrected chi connectivity index (χ4v) is 2.17. The van der Waals surface area contributed by atoms with E-state index in [9.17, 15) is 24.1 Å². The normalized spacial score (nSPS) is 13.8. The fourth-order valence-electron chi connectivity index (χ4n) is 1.96. The largest absolute Gasteiger partial charge is 0.514 e. The second kappa shape index (κ2) is 5.51. The third kappa shape index (κ3) is 2.82. The smallest absolute Gasteiger partial charge is 0.431 e. The molecule has 0 radical (unpaired) electrons. The van der Waals surface area contributed by atoms with Crippen molar-refractivity contribution in [1.29, 1.82) is 0 Å². The third-order valence-corrected chi connectivity index (χ3v) is 3.53. The molecule has 10 heteroatoms. The van der Waals surface area contributed by atoms with E-state index in [1.807, 2.05) is 0 Å². The van der Waals surface area contributed by atoms with Crippen LogP contribution in [0.1, 0.15) is 12.8 Å². The predicted octanol–water partition coefficient (Wildman–Crippen LogP) is 2.91. The summed E-state index contributed by atoms with van der Waals surface area (Å²) in [5.74, 6) is -1.59. The summed E-state index contributed by atoms with van der Waals surface area (Å²) in [6.07, 6.45) is 1.11. The number of nitro groups is 1. The van der Waals surface area contributed by atoms with E-state index in [1.54, 1.807) is 0 Å². The summed E-state index contributed by atoms with van der Waals surface area (Å²) < 4.78 is 23.3. The van der Waals surface area contributed by atoms with Crippen molar-refractivity contribution in [2.24, 2.45) is 0 Å². The summed E-state index contributed by atoms with van der Waals surface area (Å²) in [5.41, 5.74) is -1.94. The van der Waals surface area contributed by atoms with Crippen LogP contribution in [0.2, 0.25) is 5.02 Å². The summed E-state index contributed by atoms with van der Waals surface area (Å²) in [4.78, 5) is 36.2. The van der Waals surface area contributed by atoms with Gasteiger partial charge in [0, 0.05) is 6.20 Å². The standard InChI is InChI=1S/C13H8ClFN2O6/c14-9-7(15)3-6-10(11(9)17(20)21)16-4-8(12(6)18)23-13(19)22-5-1-2-5/h3-5H,1-2H2,(H,16,18). The lowest BCUT2D eigenvalue weighted by Gasteiger charge is -2.06. The molecule has 1 saturated carbocycles. The molecule has 2 aromatic rings. The summed E-state index contributed by atoms with van der Waals surface area (Å²) in [6.45, 7) is 0. The Hall–Kier alpha value is -2.68. The Morgan fingerprint density at radius 2 is 2.17 bits per heavy atom. The number of benzene rings is 1. The van der Waals surface area contributed by atoms with Crippen molar-refractivity contribution in [3.8, 4) is 5.75 Å². The van der Waals surface area contributed by atoms with Crippen molar-refractivity contribution in [2.75, 3.05) is 0 Å². The van der Waals surface area contributed by atoms with Crippen molar-refractivity contribution >= 4 is 34.3 Å². The van der Waals surface area contributed by atoms with Crippen LogP contribution in [0.5, 0.6) is 5.75 Å². The van der Waals surface area contributed by atoms with Crippen LogP contribution in [0.4, 0.5) is 14.9 Å². The molecule has 1 heterocycles. The Morgan fingerprint density at radius 3 is 2.78 bits per heavy atom. The number of hydrogen-bond acceptors (Lipinski definition) is 6. The number of nitrogens with one attached hydrogen (secondary N) is 1. The number of ether oxygens (including phenoxy) is 2. The summed E-state index contributed by atoms with van der Waals surface area (Å²) in [6, 6.07) is 0.739. The molecule has 1 N–H and O–H groups in total. The van der Waals surface area contributed by atoms with Crippen LogP contribution in [-0.2, 0) is 4.74 Å². The van der Waals surface area contributed by atoms with Crippen LogP contribution in [-0.4, -0.2) is 22.2 Å². The minimum absolute atomic E-state index is 0.223. The van der Waals surface area contributed by atoms with E-state index >= 15 is 0 Å². The summed E-state index contributed by atoms with van der Waals surface area (Å²) in [5, 5.41) is 9.93. The first kappa shape index (κ1) is 15.2. The number of aromatic nitrogens is 1. The van der Waals surface area contributed by atoms with Crippen molar-refractivity contribution in [3.05, 3.63) is 43.4 Å². The third-order valence-electron chi connectivity index (χ3n) is 3.17. The van der Waals surface area contributed by atoms with Gasteiger partial charge in [0.15, 0.2) is 10.8 Å². The summed E-state index contributed by atoms with van der Waals surface area (Å²) >= 11 is 5.56. The van der Waals surface area contributed by atoms with Crippen LogP contribution in [0.25, 0.3) is 10.9 Å². The van der Waals surface area contributed by atoms with Gasteiger partial charge in [0.2, 0.25) is 5.43 Å². The van der Waals surface area contributed by atoms with Gasteiger partial charge in [0.05, 0.1) is 10.3 Å². The minimum Gasteiger partial charge on any atom is -0.431 e. The zero-order valence-electron chi connectivity index (χ0n) is 11.3. The number of nitro benzene ring substituents is 1. The molecule has 0 atom stereocenters. The van der Waals surface area contributed by atoms with E-state index in [2.05, 4.69) is 4.98 Å². The van der Waals surface area contributed by atoms with Crippen LogP contribution in [0.15, 0.2) is 17.1 Å². The maximum Gasteiger partial charge on any atom is 0.514 e. The lowest BCUT2D eigenvalue weighted by Crippen LogP contribution is -2.17. The molecule has 0 amide bonds. The SMILES string of the molecule is O=C(Oc1c[nH]c2c([N+](=O)[O-])c(Cl)c(F)cc2c1=O)OC1CC1. The maximum absolute atomic E-state index is 13.7. The van der Waals surface area contributed by atoms with Crippen LogP contribution in [0, 0.1) is 15.9 Å². The number of hydrogen-bond donors (Lipinski definition) is 1. The Labute approximate surface area is 131 Å². The van der Waals surface area contributed by atoms with E-state index in [4.69, 9.17) is 21.1 Å². The topological polar surface area (TPSA) is 112 Å². The molecule has 120 valence electrons. The molecule has 1 aromatic heterocycles. The molecular weight excluding hydrogens is 335 g/mol. The molecular formula is C13H8ClFN2O6. The average molecular weight is 343 g/mol. The molecule has 1 fully saturated rings. The zero-order chi connectivity index (χ0) is 16.7. The molecule has 1 aromatic carbocycles. The quantitative estimate of drug-likeness (QED) is 0.521. The van der Waals surface area contributed by atoms with Gasteiger partial charge in [0.1, 0.15) is 17.4 Å². The van der Waals surface area contributed by atoms with Gasteiger partial charge in [-0.1, -0.05) is 11.6 Å². The highest BCUT2D eigenvalue weighted by Crippen LogP contribution is 2.33. The first-order chi connectivity index (χ1) is 10.9. The molecule has 0 unspecified atom stereocenters. The first-order valence-corrected chi connectivity index (χ1v) is 6.82. The van der Waals surface area contributed by atoms with E-state index in [0.29, 0.717) is 0 Å². The van der Waals surface area contributed by atoms with E-state index in [0.717, 1.165) is 25.1 Å². The second-order valence-electron chi connectivity index (χ2n) is 4.85. The highest BCUT2D eigenvalue weighted by molar-refractivity contribution is 6.34. The van der Waals surface area contributed by atoms with Gasteiger partial charge in [-0.3, -0.25) is 14.9 Å². The van der Waals surface area contributed by atoms with Crippen molar-refractivity contribution in [3.63, 3.8) is 0 Å². The highest BCUT2D eigenvalue weighted by Gasteiger charge is 2.28. The van der Waals surface area contributed by atoms with Gasteiger partial charge >= 0.3 is 11.8 Å². The maximum atomic E-state index is 13.7. The van der Waals surface area contributed by atoms with Gasteiger partial charge in [-0.25, -0.2) is 9.18 Å². The number of nitrogens with zero attached hydrogens (tertiary/aromatic N) is 1. The second-order valence-corrected chi connectivity index (χ2v) is 5.23. The first-order valence-electron chi connectivity index (χ1n) is 6.44. The minimum atomic E-state index is -1.13. The molecule has 3 rings (SSSR count). The number of carbonyl (C=O) groups excluding carboxylic acids is 1. The highest BCUT2D eigenvalue weighted by atomic mass is 35.5. The lowest BCUT2D eigenvalue weighted by atomic mass is 10.1. The number of halogens is 2. The van der Waals surface area contributed by atoms with Gasteiger partial charge in [-0.2, -0.15) is 0 Å². The van der Waals surface area contributed by atoms with Gasteiger partial charge in [0.25, 0.3) is 0 Å². The van der Waals surface area contributed by atoms with Crippen molar-refractivity contribution in [2.45, 2.75) is 18.9 Å². The van der Waals surface area contributed by atoms with Crippen LogP contribution >= 0.6 is 11.6 Å². The zero-order valence-corrected chi connectivity index (χ0v) is 12.1. The Balaban J connectivity index is 2.08. The molecule has 1 aliphatic rings. The lowest BCUT2D eigenvalue weighted by molar-refractivity contribution is -0.383. The van der Waals surface area contributed by atoms with E-state index in [-0.39, 0.29) is 17.0 Å². The number of fused-ring (bicyclic) bond motifs is 1. The van der Waals surface area contributed by atoms with E-state index in [1.165, 1.54) is 0 Å². The van der Waals surface area contributed by atoms with Crippen LogP contribution in [0.3, 0.4) is 0 Å². The molecule has 0 saturated heterocycles. The summed E-state index contributed by atoms with van der Waals surface area (Å²) in [7, 11) is 0. The van der Waals surface area contributed by atoms with Gasteiger partial charge in [-0.15, -0.1) is 0 Å². The number of H-pyrrole nitrogens is 1. The Kier molecular flexibility index (Phi) is 3.64. The number of rotatable bonds is 3. The Morgan fingerprint density at radius 1 is 1.48 bits per heavy atom. The number of pyridine rings is 1.